The van der Waals surface area contributed by atoms with Gasteiger partial charge in [-0.05, 0) is 40.7 Å². The van der Waals surface area contributed by atoms with Crippen LogP contribution in [-0.4, -0.2) is 17.5 Å². The summed E-state index contributed by atoms with van der Waals surface area (Å²) in [6.45, 7) is 4.15. The molecular weight excluding hydrogens is 330 g/mol. The molecule has 0 bridgehead atoms. The number of nitrogens with zero attached hydrogens (tertiary/aromatic N) is 1. The smallest absolute Gasteiger partial charge is 0.277 e. The van der Waals surface area contributed by atoms with Gasteiger partial charge in [-0.3, -0.25) is 10.1 Å². The van der Waals surface area contributed by atoms with Crippen LogP contribution in [0.1, 0.15) is 48.9 Å². The summed E-state index contributed by atoms with van der Waals surface area (Å²) in [4.78, 5) is 33.3. The second kappa shape index (κ2) is 6.83. The molecule has 134 valence electrons. The van der Waals surface area contributed by atoms with Crippen molar-refractivity contribution in [1.82, 2.24) is 0 Å². The molecule has 5 heteroatoms. The van der Waals surface area contributed by atoms with E-state index in [1.807, 2.05) is 24.3 Å². The van der Waals surface area contributed by atoms with Gasteiger partial charge in [-0.1, -0.05) is 38.1 Å². The Bertz CT molecular complexity index is 897. The molecule has 0 saturated carbocycles. The number of rotatable bonds is 7. The van der Waals surface area contributed by atoms with Crippen LogP contribution in [0.4, 0.5) is 5.69 Å². The predicted molar refractivity (Wildman–Crippen MR) is 99.4 cm³/mol. The summed E-state index contributed by atoms with van der Waals surface area (Å²) in [5.74, 6) is 0. The van der Waals surface area contributed by atoms with Gasteiger partial charge in [-0.2, -0.15) is 0 Å². The lowest BCUT2D eigenvalue weighted by Gasteiger charge is -2.30. The Morgan fingerprint density at radius 3 is 2.15 bits per heavy atom. The topological polar surface area (TPSA) is 77.3 Å². The standard InChI is InChI=1S/C21H21NO4/c1-3-21(4-2)17-11-14(7-9-23)5-6-16(17)20-18(21)12-15(8-10-24)13-19(20)22(25)26/h5-6,9-13H,3-4,7-8H2,1-2H3. The molecule has 0 amide bonds. The number of aldehydes is 2. The van der Waals surface area contributed by atoms with E-state index in [1.54, 1.807) is 0 Å². The summed E-state index contributed by atoms with van der Waals surface area (Å²) in [7, 11) is 0. The minimum absolute atomic E-state index is 0.0486. The van der Waals surface area contributed by atoms with Crippen molar-refractivity contribution in [3.05, 3.63) is 62.7 Å². The van der Waals surface area contributed by atoms with Gasteiger partial charge in [0.15, 0.2) is 0 Å². The van der Waals surface area contributed by atoms with E-state index in [0.717, 1.165) is 47.7 Å². The summed E-state index contributed by atoms with van der Waals surface area (Å²) >= 11 is 0. The van der Waals surface area contributed by atoms with E-state index in [0.29, 0.717) is 17.5 Å². The molecule has 3 rings (SSSR count). The van der Waals surface area contributed by atoms with Crippen LogP contribution in [0.25, 0.3) is 11.1 Å². The van der Waals surface area contributed by atoms with Gasteiger partial charge >= 0.3 is 0 Å². The fraction of sp³-hybridized carbons (Fsp3) is 0.333. The quantitative estimate of drug-likeness (QED) is 0.426. The Balaban J connectivity index is 2.38. The molecule has 0 radical (unpaired) electrons. The van der Waals surface area contributed by atoms with Crippen molar-refractivity contribution < 1.29 is 14.5 Å². The molecule has 0 heterocycles. The first-order valence-corrected chi connectivity index (χ1v) is 8.85. The van der Waals surface area contributed by atoms with Gasteiger partial charge in [0.2, 0.25) is 0 Å². The van der Waals surface area contributed by atoms with Crippen LogP contribution in [0.15, 0.2) is 30.3 Å². The lowest BCUT2D eigenvalue weighted by molar-refractivity contribution is -0.384. The van der Waals surface area contributed by atoms with Crippen molar-refractivity contribution >= 4 is 18.3 Å². The zero-order chi connectivity index (χ0) is 18.9. The first-order chi connectivity index (χ1) is 12.5. The minimum atomic E-state index is -0.363. The number of benzene rings is 2. The molecule has 2 aromatic carbocycles. The maximum Gasteiger partial charge on any atom is 0.277 e. The summed E-state index contributed by atoms with van der Waals surface area (Å²) in [5, 5.41) is 11.8. The van der Waals surface area contributed by atoms with Crippen molar-refractivity contribution in [1.29, 1.82) is 0 Å². The highest BCUT2D eigenvalue weighted by atomic mass is 16.6. The van der Waals surface area contributed by atoms with Crippen molar-refractivity contribution in [3.63, 3.8) is 0 Å². The molecule has 26 heavy (non-hydrogen) atoms. The van der Waals surface area contributed by atoms with Crippen LogP contribution in [0.2, 0.25) is 0 Å². The van der Waals surface area contributed by atoms with Crippen LogP contribution >= 0.6 is 0 Å². The van der Waals surface area contributed by atoms with E-state index in [1.165, 1.54) is 6.07 Å². The maximum absolute atomic E-state index is 11.8. The van der Waals surface area contributed by atoms with Gasteiger partial charge in [0.05, 0.1) is 10.5 Å². The van der Waals surface area contributed by atoms with Crippen molar-refractivity contribution in [3.8, 4) is 11.1 Å². The number of carbonyl (C=O) groups excluding carboxylic acids is 2. The molecule has 1 aliphatic rings. The molecule has 0 aromatic heterocycles. The number of nitro groups is 1. The van der Waals surface area contributed by atoms with Crippen LogP contribution in [0.5, 0.6) is 0 Å². The summed E-state index contributed by atoms with van der Waals surface area (Å²) in [6.07, 6.45) is 3.70. The van der Waals surface area contributed by atoms with E-state index in [4.69, 9.17) is 0 Å². The predicted octanol–water partition coefficient (Wildman–Crippen LogP) is 4.16. The van der Waals surface area contributed by atoms with E-state index >= 15 is 0 Å². The third-order valence-corrected chi connectivity index (χ3v) is 5.60. The molecule has 0 atom stereocenters. The largest absolute Gasteiger partial charge is 0.303 e. The molecule has 0 saturated heterocycles. The van der Waals surface area contributed by atoms with E-state index < -0.39 is 0 Å². The number of hydrogen-bond acceptors (Lipinski definition) is 4. The normalized spacial score (nSPS) is 13.8. The van der Waals surface area contributed by atoms with E-state index in [-0.39, 0.29) is 22.4 Å². The van der Waals surface area contributed by atoms with Gasteiger partial charge in [0, 0.05) is 24.3 Å². The molecule has 1 aliphatic carbocycles. The number of hydrogen-bond donors (Lipinski definition) is 0. The van der Waals surface area contributed by atoms with Gasteiger partial charge in [-0.15, -0.1) is 0 Å². The molecule has 5 nitrogen and oxygen atoms in total. The Kier molecular flexibility index (Phi) is 4.72. The highest BCUT2D eigenvalue weighted by Gasteiger charge is 2.44. The first-order valence-electron chi connectivity index (χ1n) is 8.85. The Hall–Kier alpha value is -2.82. The Morgan fingerprint density at radius 1 is 0.962 bits per heavy atom. The van der Waals surface area contributed by atoms with Gasteiger partial charge in [0.1, 0.15) is 12.6 Å². The van der Waals surface area contributed by atoms with Crippen LogP contribution in [-0.2, 0) is 27.8 Å². The summed E-state index contributed by atoms with van der Waals surface area (Å²) < 4.78 is 0. The highest BCUT2D eigenvalue weighted by molar-refractivity contribution is 5.88. The fourth-order valence-electron chi connectivity index (χ4n) is 4.29. The highest BCUT2D eigenvalue weighted by Crippen LogP contribution is 2.55. The molecule has 0 unspecified atom stereocenters. The third-order valence-electron chi connectivity index (χ3n) is 5.60. The number of fused-ring (bicyclic) bond motifs is 3. The van der Waals surface area contributed by atoms with E-state index in [9.17, 15) is 19.7 Å². The molecule has 2 aromatic rings. The van der Waals surface area contributed by atoms with Crippen molar-refractivity contribution in [2.45, 2.75) is 44.9 Å². The second-order valence-electron chi connectivity index (χ2n) is 6.71. The van der Waals surface area contributed by atoms with Gasteiger partial charge < -0.3 is 9.59 Å². The van der Waals surface area contributed by atoms with Crippen molar-refractivity contribution in [2.24, 2.45) is 0 Å². The van der Waals surface area contributed by atoms with Crippen LogP contribution in [0, 0.1) is 10.1 Å². The molecule has 0 N–H and O–H groups in total. The fourth-order valence-corrected chi connectivity index (χ4v) is 4.29. The number of nitro benzene ring substituents is 1. The molecule has 0 aliphatic heterocycles. The lowest BCUT2D eigenvalue weighted by Crippen LogP contribution is -2.23. The van der Waals surface area contributed by atoms with E-state index in [2.05, 4.69) is 13.8 Å². The third kappa shape index (κ3) is 2.55. The SMILES string of the molecule is CCC1(CC)c2cc(CC=O)ccc2-c2c([N+](=O)[O-])cc(CC=O)cc21. The summed E-state index contributed by atoms with van der Waals surface area (Å²) in [6, 6.07) is 9.23. The average Bonchev–Trinajstić information content (AvgIpc) is 2.91. The summed E-state index contributed by atoms with van der Waals surface area (Å²) in [5.41, 5.74) is 4.77. The van der Waals surface area contributed by atoms with Gasteiger partial charge in [0.25, 0.3) is 5.69 Å². The maximum atomic E-state index is 11.8. The molecular formula is C21H21NO4. The lowest BCUT2D eigenvalue weighted by atomic mass is 9.73. The zero-order valence-electron chi connectivity index (χ0n) is 15.0. The molecule has 0 fully saturated rings. The Morgan fingerprint density at radius 2 is 1.58 bits per heavy atom. The average molecular weight is 351 g/mol. The van der Waals surface area contributed by atoms with Crippen molar-refractivity contribution in [2.75, 3.05) is 0 Å². The monoisotopic (exact) mass is 351 g/mol. The van der Waals surface area contributed by atoms with Crippen LogP contribution < -0.4 is 0 Å². The Labute approximate surface area is 152 Å². The van der Waals surface area contributed by atoms with Gasteiger partial charge in [-0.25, -0.2) is 0 Å². The van der Waals surface area contributed by atoms with Crippen LogP contribution in [0.3, 0.4) is 0 Å². The number of carbonyl (C=O) groups is 2. The first kappa shape index (κ1) is 18.0. The molecule has 0 spiro atoms. The zero-order valence-corrected chi connectivity index (χ0v) is 15.0. The minimum Gasteiger partial charge on any atom is -0.303 e. The second-order valence-corrected chi connectivity index (χ2v) is 6.71.